The first-order valence-electron chi connectivity index (χ1n) is 9.11. The van der Waals surface area contributed by atoms with Gasteiger partial charge in [0.2, 0.25) is 5.91 Å². The number of hydrogen-bond acceptors (Lipinski definition) is 6. The van der Waals surface area contributed by atoms with Crippen LogP contribution in [0.1, 0.15) is 34.6 Å². The summed E-state index contributed by atoms with van der Waals surface area (Å²) in [7, 11) is -2.84. The van der Waals surface area contributed by atoms with Crippen molar-refractivity contribution in [2.45, 2.75) is 31.0 Å². The third-order valence-electron chi connectivity index (χ3n) is 4.81. The monoisotopic (exact) mass is 468 g/mol. The van der Waals surface area contributed by atoms with E-state index in [1.807, 2.05) is 0 Å². The number of methoxy groups -OCH3 is 1. The van der Waals surface area contributed by atoms with Gasteiger partial charge in [-0.05, 0) is 50.1 Å². The first-order chi connectivity index (χ1) is 14.2. The Morgan fingerprint density at radius 3 is 2.53 bits per heavy atom. The highest BCUT2D eigenvalue weighted by molar-refractivity contribution is 7.94. The Balaban J connectivity index is 2.01. The lowest BCUT2D eigenvalue weighted by Crippen LogP contribution is -2.36. The third kappa shape index (κ3) is 4.38. The van der Waals surface area contributed by atoms with Crippen molar-refractivity contribution in [3.8, 4) is 0 Å². The van der Waals surface area contributed by atoms with Gasteiger partial charge in [-0.3, -0.25) is 9.52 Å². The van der Waals surface area contributed by atoms with Gasteiger partial charge >= 0.3 is 5.97 Å². The molecule has 1 aliphatic rings. The van der Waals surface area contributed by atoms with Crippen molar-refractivity contribution in [1.29, 1.82) is 0 Å². The van der Waals surface area contributed by atoms with Crippen molar-refractivity contribution in [2.75, 3.05) is 18.4 Å². The van der Waals surface area contributed by atoms with Crippen molar-refractivity contribution in [1.82, 2.24) is 4.90 Å². The van der Waals surface area contributed by atoms with Crippen LogP contribution in [-0.2, 0) is 32.5 Å². The summed E-state index contributed by atoms with van der Waals surface area (Å²) in [5, 5.41) is 0.473. The normalized spacial score (nSPS) is 14.3. The molecule has 1 aromatic carbocycles. The van der Waals surface area contributed by atoms with Crippen LogP contribution in [0.25, 0.3) is 0 Å². The molecule has 1 aromatic heterocycles. The number of ether oxygens (including phenoxy) is 1. The Hall–Kier alpha value is -2.36. The maximum atomic E-state index is 13.1. The van der Waals surface area contributed by atoms with E-state index < -0.39 is 16.0 Å². The molecule has 0 fully saturated rings. The molecule has 7 nitrogen and oxygen atoms in total. The zero-order chi connectivity index (χ0) is 22.1. The fourth-order valence-electron chi connectivity index (χ4n) is 3.14. The van der Waals surface area contributed by atoms with Gasteiger partial charge in [0.25, 0.3) is 10.0 Å². The molecule has 0 unspecified atom stereocenters. The average Bonchev–Trinajstić information content (AvgIpc) is 3.13. The maximum absolute atomic E-state index is 13.1. The van der Waals surface area contributed by atoms with E-state index in [0.29, 0.717) is 39.7 Å². The third-order valence-corrected chi connectivity index (χ3v) is 8.18. The number of fused-ring (bicyclic) bond motifs is 1. The zero-order valence-corrected chi connectivity index (χ0v) is 19.1. The summed E-state index contributed by atoms with van der Waals surface area (Å²) in [5.74, 6) is -0.826. The summed E-state index contributed by atoms with van der Waals surface area (Å²) in [6.07, 6.45) is 2.10. The van der Waals surface area contributed by atoms with Gasteiger partial charge in [-0.25, -0.2) is 13.2 Å². The number of hydrogen-bond donors (Lipinski definition) is 1. The van der Waals surface area contributed by atoms with E-state index in [0.717, 1.165) is 11.3 Å². The van der Waals surface area contributed by atoms with Crippen LogP contribution < -0.4 is 4.72 Å². The predicted molar refractivity (Wildman–Crippen MR) is 116 cm³/mol. The summed E-state index contributed by atoms with van der Waals surface area (Å²) >= 11 is 6.84. The topological polar surface area (TPSA) is 92.8 Å². The predicted octanol–water partition coefficient (Wildman–Crippen LogP) is 3.84. The highest BCUT2D eigenvalue weighted by Gasteiger charge is 2.35. The van der Waals surface area contributed by atoms with Gasteiger partial charge in [0.15, 0.2) is 4.21 Å². The average molecular weight is 469 g/mol. The molecule has 30 heavy (non-hydrogen) atoms. The minimum absolute atomic E-state index is 0.0359. The van der Waals surface area contributed by atoms with E-state index in [4.69, 9.17) is 16.3 Å². The van der Waals surface area contributed by atoms with Crippen molar-refractivity contribution >= 4 is 50.5 Å². The SMILES string of the molecule is C/C=C(\C)C(=O)N1CCc2c(sc(S(=O)(=O)Nc3ccc(Cl)cc3)c2C(=O)OC)C1. The summed E-state index contributed by atoms with van der Waals surface area (Å²) < 4.78 is 33.4. The van der Waals surface area contributed by atoms with Gasteiger partial charge in [0.1, 0.15) is 0 Å². The fraction of sp³-hybridized carbons (Fsp3) is 0.300. The first kappa shape index (κ1) is 22.3. The summed E-state index contributed by atoms with van der Waals surface area (Å²) in [5.41, 5.74) is 1.59. The lowest BCUT2D eigenvalue weighted by molar-refractivity contribution is -0.127. The molecule has 10 heteroatoms. The minimum Gasteiger partial charge on any atom is -0.465 e. The summed E-state index contributed by atoms with van der Waals surface area (Å²) in [4.78, 5) is 27.3. The van der Waals surface area contributed by atoms with Crippen LogP contribution in [0.15, 0.2) is 40.1 Å². The molecule has 160 valence electrons. The number of allylic oxidation sites excluding steroid dienone is 1. The van der Waals surface area contributed by atoms with Crippen molar-refractivity contribution in [2.24, 2.45) is 0 Å². The Bertz CT molecular complexity index is 1120. The van der Waals surface area contributed by atoms with Gasteiger partial charge in [0.05, 0.1) is 19.2 Å². The van der Waals surface area contributed by atoms with Crippen LogP contribution in [0.5, 0.6) is 0 Å². The standard InChI is InChI=1S/C20H21ClN2O5S2/c1-4-12(2)18(24)23-10-9-15-16(11-23)29-20(17(15)19(25)28-3)30(26,27)22-14-7-5-13(21)6-8-14/h4-8,22H,9-11H2,1-3H3/b12-4+. The van der Waals surface area contributed by atoms with E-state index in [1.54, 1.807) is 37.0 Å². The van der Waals surface area contributed by atoms with Crippen LogP contribution >= 0.6 is 22.9 Å². The molecule has 0 bridgehead atoms. The number of anilines is 1. The van der Waals surface area contributed by atoms with E-state index >= 15 is 0 Å². The molecule has 0 saturated heterocycles. The van der Waals surface area contributed by atoms with E-state index in [1.165, 1.54) is 19.2 Å². The van der Waals surface area contributed by atoms with Gasteiger partial charge in [0, 0.05) is 27.7 Å². The molecule has 0 atom stereocenters. The molecule has 0 spiro atoms. The second-order valence-corrected chi connectivity index (χ2v) is 10.1. The molecule has 1 aliphatic heterocycles. The Morgan fingerprint density at radius 2 is 1.93 bits per heavy atom. The minimum atomic E-state index is -4.05. The smallest absolute Gasteiger partial charge is 0.340 e. The second kappa shape index (κ2) is 8.79. The lowest BCUT2D eigenvalue weighted by Gasteiger charge is -2.27. The number of rotatable bonds is 5. The van der Waals surface area contributed by atoms with Gasteiger partial charge in [-0.2, -0.15) is 0 Å². The number of nitrogens with zero attached hydrogens (tertiary/aromatic N) is 1. The van der Waals surface area contributed by atoms with Crippen LogP contribution in [0.3, 0.4) is 0 Å². The highest BCUT2D eigenvalue weighted by Crippen LogP contribution is 2.37. The molecule has 0 saturated carbocycles. The number of amides is 1. The van der Waals surface area contributed by atoms with E-state index in [-0.39, 0.29) is 22.2 Å². The second-order valence-electron chi connectivity index (χ2n) is 6.72. The zero-order valence-electron chi connectivity index (χ0n) is 16.7. The number of halogens is 1. The number of carbonyl (C=O) groups excluding carboxylic acids is 2. The number of sulfonamides is 1. The van der Waals surface area contributed by atoms with Crippen LogP contribution in [-0.4, -0.2) is 38.8 Å². The maximum Gasteiger partial charge on any atom is 0.340 e. The number of esters is 1. The summed E-state index contributed by atoms with van der Waals surface area (Å²) in [6, 6.07) is 6.19. The molecule has 1 N–H and O–H groups in total. The molecular formula is C20H21ClN2O5S2. The number of carbonyl (C=O) groups is 2. The van der Waals surface area contributed by atoms with Gasteiger partial charge in [-0.1, -0.05) is 17.7 Å². The van der Waals surface area contributed by atoms with Crippen LogP contribution in [0.2, 0.25) is 5.02 Å². The largest absolute Gasteiger partial charge is 0.465 e. The number of nitrogens with one attached hydrogen (secondary N) is 1. The lowest BCUT2D eigenvalue weighted by atomic mass is 10.0. The molecular weight excluding hydrogens is 448 g/mol. The Morgan fingerprint density at radius 1 is 1.27 bits per heavy atom. The van der Waals surface area contributed by atoms with Gasteiger partial charge in [-0.15, -0.1) is 11.3 Å². The van der Waals surface area contributed by atoms with Crippen LogP contribution in [0.4, 0.5) is 5.69 Å². The molecule has 3 rings (SSSR count). The van der Waals surface area contributed by atoms with Crippen molar-refractivity contribution < 1.29 is 22.7 Å². The van der Waals surface area contributed by atoms with E-state index in [9.17, 15) is 18.0 Å². The molecule has 1 amide bonds. The molecule has 2 heterocycles. The fourth-order valence-corrected chi connectivity index (χ4v) is 6.23. The highest BCUT2D eigenvalue weighted by atomic mass is 35.5. The number of thiophene rings is 1. The quantitative estimate of drug-likeness (QED) is 0.531. The first-order valence-corrected chi connectivity index (χ1v) is 11.8. The van der Waals surface area contributed by atoms with E-state index in [2.05, 4.69) is 4.72 Å². The van der Waals surface area contributed by atoms with Crippen molar-refractivity contribution in [3.05, 3.63) is 56.9 Å². The van der Waals surface area contributed by atoms with Crippen LogP contribution in [0, 0.1) is 0 Å². The molecule has 0 radical (unpaired) electrons. The molecule has 0 aliphatic carbocycles. The Labute approximate surface area is 184 Å². The van der Waals surface area contributed by atoms with Gasteiger partial charge < -0.3 is 9.64 Å². The Kier molecular flexibility index (Phi) is 6.54. The number of benzene rings is 1. The molecule has 2 aromatic rings. The van der Waals surface area contributed by atoms with Crippen molar-refractivity contribution in [3.63, 3.8) is 0 Å². The summed E-state index contributed by atoms with van der Waals surface area (Å²) in [6.45, 7) is 4.15.